The maximum Gasteiger partial charge on any atom is 0.249 e. The highest BCUT2D eigenvalue weighted by atomic mass is 32.2. The first kappa shape index (κ1) is 21.1. The molecule has 2 aromatic carbocycles. The second kappa shape index (κ2) is 9.36. The zero-order valence-corrected chi connectivity index (χ0v) is 17.8. The smallest absolute Gasteiger partial charge is 0.249 e. The van der Waals surface area contributed by atoms with Crippen molar-refractivity contribution >= 4 is 21.6 Å². The Hall–Kier alpha value is -3.11. The maximum atomic E-state index is 13.1. The van der Waals surface area contributed by atoms with Crippen LogP contribution in [0.2, 0.25) is 0 Å². The number of sulfonamides is 1. The van der Waals surface area contributed by atoms with Crippen molar-refractivity contribution in [1.29, 1.82) is 0 Å². The number of nitrogens with one attached hydrogen (secondary N) is 1. The number of hydrogen-bond acceptors (Lipinski definition) is 6. The summed E-state index contributed by atoms with van der Waals surface area (Å²) in [6.45, 7) is 1.05. The minimum atomic E-state index is -3.59. The van der Waals surface area contributed by atoms with E-state index >= 15 is 0 Å². The molecule has 10 heteroatoms. The molecule has 2 heterocycles. The molecule has 1 saturated heterocycles. The summed E-state index contributed by atoms with van der Waals surface area (Å²) in [5.41, 5.74) is 1.37. The quantitative estimate of drug-likeness (QED) is 0.603. The number of hydrogen-bond donors (Lipinski definition) is 1. The summed E-state index contributed by atoms with van der Waals surface area (Å²) in [5, 5.41) is 14.0. The van der Waals surface area contributed by atoms with Crippen LogP contribution in [0.15, 0.2) is 65.8 Å². The number of tetrazole rings is 1. The Morgan fingerprint density at radius 2 is 1.81 bits per heavy atom. The SMILES string of the molecule is O=C(Nc1cccc(S(=O)(=O)N2CCCCC2)c1)[C@H](Cc1ccccc1)n1cnnn1. The number of carbonyl (C=O) groups is 1. The van der Waals surface area contributed by atoms with Crippen molar-refractivity contribution in [3.8, 4) is 0 Å². The zero-order chi connectivity index (χ0) is 21.7. The molecule has 9 nitrogen and oxygen atoms in total. The molecule has 1 N–H and O–H groups in total. The molecule has 31 heavy (non-hydrogen) atoms. The lowest BCUT2D eigenvalue weighted by Crippen LogP contribution is -2.35. The van der Waals surface area contributed by atoms with Crippen LogP contribution in [0.1, 0.15) is 30.9 Å². The first-order valence-electron chi connectivity index (χ1n) is 10.2. The van der Waals surface area contributed by atoms with Crippen LogP contribution < -0.4 is 5.32 Å². The number of carbonyl (C=O) groups excluding carboxylic acids is 1. The van der Waals surface area contributed by atoms with E-state index in [2.05, 4.69) is 20.8 Å². The lowest BCUT2D eigenvalue weighted by Gasteiger charge is -2.26. The van der Waals surface area contributed by atoms with Crippen LogP contribution in [0.25, 0.3) is 0 Å². The third-order valence-electron chi connectivity index (χ3n) is 5.31. The van der Waals surface area contributed by atoms with Crippen LogP contribution in [-0.2, 0) is 21.2 Å². The topological polar surface area (TPSA) is 110 Å². The van der Waals surface area contributed by atoms with Gasteiger partial charge in [-0.1, -0.05) is 42.8 Å². The molecule has 3 aromatic rings. The van der Waals surface area contributed by atoms with Crippen molar-refractivity contribution in [3.63, 3.8) is 0 Å². The van der Waals surface area contributed by atoms with Crippen molar-refractivity contribution in [1.82, 2.24) is 24.5 Å². The summed E-state index contributed by atoms with van der Waals surface area (Å²) >= 11 is 0. The molecule has 1 fully saturated rings. The van der Waals surface area contributed by atoms with Gasteiger partial charge in [0.05, 0.1) is 4.90 Å². The molecule has 162 valence electrons. The largest absolute Gasteiger partial charge is 0.324 e. The van der Waals surface area contributed by atoms with E-state index in [1.165, 1.54) is 21.4 Å². The highest BCUT2D eigenvalue weighted by Crippen LogP contribution is 2.24. The van der Waals surface area contributed by atoms with E-state index in [1.807, 2.05) is 30.3 Å². The van der Waals surface area contributed by atoms with Gasteiger partial charge in [0.15, 0.2) is 0 Å². The van der Waals surface area contributed by atoms with Crippen molar-refractivity contribution in [2.45, 2.75) is 36.6 Å². The van der Waals surface area contributed by atoms with E-state index in [-0.39, 0.29) is 10.8 Å². The number of benzene rings is 2. The Morgan fingerprint density at radius 3 is 2.52 bits per heavy atom. The predicted molar refractivity (Wildman–Crippen MR) is 115 cm³/mol. The Kier molecular flexibility index (Phi) is 6.38. The molecule has 0 spiro atoms. The molecule has 1 aliphatic heterocycles. The monoisotopic (exact) mass is 440 g/mol. The minimum Gasteiger partial charge on any atom is -0.324 e. The fourth-order valence-electron chi connectivity index (χ4n) is 3.67. The third-order valence-corrected chi connectivity index (χ3v) is 7.21. The summed E-state index contributed by atoms with van der Waals surface area (Å²) in [6, 6.07) is 15.2. The van der Waals surface area contributed by atoms with E-state index in [4.69, 9.17) is 0 Å². The van der Waals surface area contributed by atoms with Gasteiger partial charge in [-0.2, -0.15) is 4.31 Å². The number of anilines is 1. The first-order valence-corrected chi connectivity index (χ1v) is 11.7. The van der Waals surface area contributed by atoms with E-state index in [0.29, 0.717) is 25.2 Å². The Labute approximate surface area is 181 Å². The lowest BCUT2D eigenvalue weighted by atomic mass is 10.1. The summed E-state index contributed by atoms with van der Waals surface area (Å²) in [6.07, 6.45) is 4.56. The average molecular weight is 441 g/mol. The predicted octanol–water partition coefficient (Wildman–Crippen LogP) is 2.27. The van der Waals surface area contributed by atoms with Crippen molar-refractivity contribution in [3.05, 3.63) is 66.5 Å². The van der Waals surface area contributed by atoms with Crippen molar-refractivity contribution < 1.29 is 13.2 Å². The van der Waals surface area contributed by atoms with Crippen LogP contribution in [0.3, 0.4) is 0 Å². The fraction of sp³-hybridized carbons (Fsp3) is 0.333. The van der Waals surface area contributed by atoms with E-state index in [0.717, 1.165) is 24.8 Å². The number of rotatable bonds is 7. The molecule has 4 rings (SSSR count). The Morgan fingerprint density at radius 1 is 1.03 bits per heavy atom. The molecule has 1 aliphatic rings. The van der Waals surface area contributed by atoms with Gasteiger partial charge >= 0.3 is 0 Å². The molecule has 0 bridgehead atoms. The molecule has 0 saturated carbocycles. The van der Waals surface area contributed by atoms with Gasteiger partial charge in [0.25, 0.3) is 0 Å². The molecular weight excluding hydrogens is 416 g/mol. The van der Waals surface area contributed by atoms with Crippen molar-refractivity contribution in [2.75, 3.05) is 18.4 Å². The van der Waals surface area contributed by atoms with E-state index in [9.17, 15) is 13.2 Å². The summed E-state index contributed by atoms with van der Waals surface area (Å²) in [7, 11) is -3.59. The van der Waals surface area contributed by atoms with Gasteiger partial charge in [0.1, 0.15) is 12.4 Å². The van der Waals surface area contributed by atoms with Gasteiger partial charge in [0, 0.05) is 25.2 Å². The molecule has 1 aromatic heterocycles. The summed E-state index contributed by atoms with van der Waals surface area (Å²) < 4.78 is 28.8. The second-order valence-corrected chi connectivity index (χ2v) is 9.42. The fourth-order valence-corrected chi connectivity index (χ4v) is 5.23. The second-order valence-electron chi connectivity index (χ2n) is 7.48. The number of nitrogens with zero attached hydrogens (tertiary/aromatic N) is 5. The standard InChI is InChI=1S/C21H24N6O3S/c28-21(20(27-16-22-24-25-27)14-17-8-3-1-4-9-17)23-18-10-7-11-19(15-18)31(29,30)26-12-5-2-6-13-26/h1,3-4,7-11,15-16,20H,2,5-6,12-14H2,(H,23,28)/t20-/m0/s1. The molecule has 1 amide bonds. The Bertz CT molecular complexity index is 1110. The van der Waals surface area contributed by atoms with Gasteiger partial charge < -0.3 is 5.32 Å². The molecule has 0 radical (unpaired) electrons. The minimum absolute atomic E-state index is 0.175. The highest BCUT2D eigenvalue weighted by Gasteiger charge is 2.27. The lowest BCUT2D eigenvalue weighted by molar-refractivity contribution is -0.119. The average Bonchev–Trinajstić information content (AvgIpc) is 3.33. The van der Waals surface area contributed by atoms with Crippen LogP contribution >= 0.6 is 0 Å². The van der Waals surface area contributed by atoms with Crippen molar-refractivity contribution in [2.24, 2.45) is 0 Å². The van der Waals surface area contributed by atoms with Gasteiger partial charge in [-0.3, -0.25) is 4.79 Å². The molecule has 0 unspecified atom stereocenters. The normalized spacial score (nSPS) is 16.0. The van der Waals surface area contributed by atoms with Gasteiger partial charge in [0.2, 0.25) is 15.9 Å². The summed E-state index contributed by atoms with van der Waals surface area (Å²) in [4.78, 5) is 13.3. The van der Waals surface area contributed by atoms with Gasteiger partial charge in [-0.25, -0.2) is 13.1 Å². The van der Waals surface area contributed by atoms with Gasteiger partial charge in [-0.05, 0) is 47.0 Å². The Balaban J connectivity index is 1.54. The number of piperidine rings is 1. The first-order chi connectivity index (χ1) is 15.0. The highest BCUT2D eigenvalue weighted by molar-refractivity contribution is 7.89. The zero-order valence-electron chi connectivity index (χ0n) is 17.0. The van der Waals surface area contributed by atoms with Crippen LogP contribution in [0, 0.1) is 0 Å². The van der Waals surface area contributed by atoms with E-state index in [1.54, 1.807) is 18.2 Å². The third kappa shape index (κ3) is 4.97. The molecule has 0 aliphatic carbocycles. The van der Waals surface area contributed by atoms with Gasteiger partial charge in [-0.15, -0.1) is 5.10 Å². The van der Waals surface area contributed by atoms with Crippen LogP contribution in [0.5, 0.6) is 0 Å². The van der Waals surface area contributed by atoms with Crippen LogP contribution in [-0.4, -0.2) is 51.9 Å². The number of amides is 1. The number of aromatic nitrogens is 4. The molecule has 1 atom stereocenters. The molecular formula is C21H24N6O3S. The van der Waals surface area contributed by atoms with E-state index < -0.39 is 16.1 Å². The van der Waals surface area contributed by atoms with Crippen LogP contribution in [0.4, 0.5) is 5.69 Å². The summed E-state index contributed by atoms with van der Waals surface area (Å²) in [5.74, 6) is -0.330. The maximum absolute atomic E-state index is 13.1.